The van der Waals surface area contributed by atoms with Crippen molar-refractivity contribution in [1.29, 1.82) is 0 Å². The minimum Gasteiger partial charge on any atom is -0.481 e. The summed E-state index contributed by atoms with van der Waals surface area (Å²) in [4.78, 5) is 214. The van der Waals surface area contributed by atoms with Gasteiger partial charge in [0.1, 0.15) is 84.3 Å². The fraction of sp³-hybridized carbons (Fsp3) is 0.701. The summed E-state index contributed by atoms with van der Waals surface area (Å²) >= 11 is 0. The van der Waals surface area contributed by atoms with Gasteiger partial charge >= 0.3 is 11.9 Å². The van der Waals surface area contributed by atoms with Crippen LogP contribution in [0.3, 0.4) is 0 Å². The number of nitrogens with two attached hydrogens (primary N) is 1. The van der Waals surface area contributed by atoms with Gasteiger partial charge in [-0.05, 0) is 125 Å². The molecule has 2 aliphatic rings. The highest BCUT2D eigenvalue weighted by Gasteiger charge is 2.44. The fourth-order valence-corrected chi connectivity index (χ4v) is 12.6. The molecule has 0 radical (unpaired) electrons. The molecule has 13 amide bonds. The van der Waals surface area contributed by atoms with Crippen molar-refractivity contribution in [3.05, 3.63) is 47.7 Å². The molecule has 0 aromatic heterocycles. The number of allylic oxidation sites excluding steroid dienone is 1. The molecule has 0 spiro atoms. The Kier molecular flexibility index (Phi) is 39.6. The summed E-state index contributed by atoms with van der Waals surface area (Å²) < 4.78 is 5.94. The monoisotopic (exact) mass is 1530 g/mol. The Balaban J connectivity index is 1.97. The molecule has 15 atom stereocenters. The molecule has 0 saturated carbocycles. The first kappa shape index (κ1) is 94.1. The molecule has 16 N–H and O–H groups in total. The Bertz CT molecular complexity index is 3310. The van der Waals surface area contributed by atoms with Crippen molar-refractivity contribution in [1.82, 2.24) is 68.7 Å². The van der Waals surface area contributed by atoms with Crippen molar-refractivity contribution < 1.29 is 86.9 Å². The molecule has 1 aromatic rings. The van der Waals surface area contributed by atoms with E-state index in [0.717, 1.165) is 0 Å². The third-order valence-electron chi connectivity index (χ3n) is 19.4. The number of hydrogen-bond acceptors (Lipinski definition) is 18. The van der Waals surface area contributed by atoms with E-state index in [-0.39, 0.29) is 69.7 Å². The van der Waals surface area contributed by atoms with Crippen LogP contribution in [0.15, 0.2) is 42.1 Å². The summed E-state index contributed by atoms with van der Waals surface area (Å²) in [6.45, 7) is 29.8. The number of nitrogens with zero attached hydrogens (tertiary/aromatic N) is 1. The Morgan fingerprint density at radius 2 is 1.13 bits per heavy atom. The summed E-state index contributed by atoms with van der Waals surface area (Å²) in [7, 11) is 0. The van der Waals surface area contributed by atoms with Crippen molar-refractivity contribution in [3.8, 4) is 0 Å². The molecule has 612 valence electrons. The summed E-state index contributed by atoms with van der Waals surface area (Å²) in [5.74, 6) is -17.1. The van der Waals surface area contributed by atoms with Gasteiger partial charge in [0.25, 0.3) is 5.91 Å². The molecule has 2 saturated heterocycles. The summed E-state index contributed by atoms with van der Waals surface area (Å²) in [6.07, 6.45) is 0.160. The number of carbonyl (C=O) groups excluding carboxylic acids is 14. The van der Waals surface area contributed by atoms with Crippen LogP contribution in [0.2, 0.25) is 0 Å². The quantitative estimate of drug-likeness (QED) is 0.0336. The predicted molar refractivity (Wildman–Crippen MR) is 407 cm³/mol. The van der Waals surface area contributed by atoms with E-state index in [1.807, 2.05) is 13.8 Å². The van der Waals surface area contributed by atoms with E-state index in [9.17, 15) is 77.3 Å². The number of carbonyl (C=O) groups is 15. The van der Waals surface area contributed by atoms with Crippen molar-refractivity contribution in [2.75, 3.05) is 13.1 Å². The average molecular weight is 1540 g/mol. The zero-order chi connectivity index (χ0) is 82.4. The van der Waals surface area contributed by atoms with E-state index in [1.165, 1.54) is 24.8 Å². The summed E-state index contributed by atoms with van der Waals surface area (Å²) in [5, 5.41) is 52.0. The molecule has 2 aliphatic heterocycles. The maximum absolute atomic E-state index is 15.0. The largest absolute Gasteiger partial charge is 0.481 e. The first-order valence-electron chi connectivity index (χ1n) is 38.5. The molecule has 2 heterocycles. The summed E-state index contributed by atoms with van der Waals surface area (Å²) in [6, 6.07) is -7.84. The van der Waals surface area contributed by atoms with Gasteiger partial charge in [-0.15, -0.1) is 0 Å². The van der Waals surface area contributed by atoms with Gasteiger partial charge in [0.05, 0.1) is 6.10 Å². The lowest BCUT2D eigenvalue weighted by atomic mass is 9.96. The molecule has 2 fully saturated rings. The van der Waals surface area contributed by atoms with Crippen molar-refractivity contribution in [2.24, 2.45) is 53.1 Å². The second-order valence-electron chi connectivity index (χ2n) is 31.2. The molecular weight excluding hydrogens is 1410 g/mol. The van der Waals surface area contributed by atoms with Crippen LogP contribution >= 0.6 is 0 Å². The summed E-state index contributed by atoms with van der Waals surface area (Å²) in [5.41, 5.74) is 6.32. The van der Waals surface area contributed by atoms with E-state index in [1.54, 1.807) is 127 Å². The Morgan fingerprint density at radius 3 is 1.64 bits per heavy atom. The number of aliphatic hydroxyl groups is 1. The van der Waals surface area contributed by atoms with Gasteiger partial charge in [0, 0.05) is 25.8 Å². The van der Waals surface area contributed by atoms with Gasteiger partial charge in [-0.3, -0.25) is 67.1 Å². The smallest absolute Gasteiger partial charge is 0.329 e. The number of likely N-dealkylation sites (tertiary alicyclic amines) is 1. The van der Waals surface area contributed by atoms with E-state index < -0.39 is 221 Å². The SMILES string of the molecule is C/C=C1\NC(=O)[C@H](Cc2ccccc2)NC(=O)[C@H](C(C)C)NC(=O)C(C(C)C)NC(=O)C(NC(=O)[C@H](NC(=O)[C@H](CCCN)NC(=O)[C@H]2CCCN2C(=O)[C@@H](NC(=O)[C@@H](NC(=O)[C@@H](NC(=O)[C@@H](CCC(=O)O)NC(=O)CCCC(O)CC(C)C)C(C)C)C(C)C)C(C)C)[C@@H](C)CC)C(C)OC(=O)[C@H](C(C)C)NC1=O. The average Bonchev–Trinajstić information content (AvgIpc) is 1.79. The van der Waals surface area contributed by atoms with E-state index in [0.29, 0.717) is 31.2 Å². The van der Waals surface area contributed by atoms with Crippen LogP contribution in [0, 0.1) is 47.3 Å². The van der Waals surface area contributed by atoms with Crippen LogP contribution in [-0.4, -0.2) is 202 Å². The van der Waals surface area contributed by atoms with E-state index >= 15 is 4.79 Å². The second kappa shape index (κ2) is 45.8. The highest BCUT2D eigenvalue weighted by Crippen LogP contribution is 2.23. The van der Waals surface area contributed by atoms with E-state index in [4.69, 9.17) is 10.5 Å². The fourth-order valence-electron chi connectivity index (χ4n) is 12.6. The van der Waals surface area contributed by atoms with Gasteiger partial charge in [0.15, 0.2) is 0 Å². The molecule has 4 unspecified atom stereocenters. The zero-order valence-electron chi connectivity index (χ0n) is 67.0. The lowest BCUT2D eigenvalue weighted by molar-refractivity contribution is -0.157. The second-order valence-corrected chi connectivity index (χ2v) is 31.2. The maximum atomic E-state index is 15.0. The number of carboxylic acid groups (broad SMARTS) is 1. The van der Waals surface area contributed by atoms with Gasteiger partial charge in [0.2, 0.25) is 70.9 Å². The standard InChI is InChI=1S/C77H126N14O18/c1-19-46(17)63(74(105)90-64-47(18)109-77(108)62(45(15)16)88-65(96)50(20-2)80-68(99)53(38-48-27-22-21-23-28-48)82-70(101)57(40(5)6)84-72(103)59(42(9)10)86-75(64)106)89-66(97)51(30-25-35-78)81-69(100)54-31-26-36-91(54)76(107)61(44(13)14)87-73(104)60(43(11)12)85-71(102)58(41(7)8)83-67(98)52(33-34-56(94)95)79-55(93)32-24-29-49(92)37-39(3)4/h20-23,27-28,39-47,49,51-54,57-64,92H,19,24-26,29-38,78H2,1-18H3,(H,79,93)(H,80,99)(H,81,100)(H,82,101)(H,83,98)(H,84,103)(H,85,102)(H,86,106)(H,87,104)(H,88,96)(H,89,97)(H,90,105)(H,94,95)/b50-20-/t46-,47?,49?,51-,52+,53-,54+,57-,58-,59?,60-,61-,62-,63+,64?/m0/s1. The Hall–Kier alpha value is -9.07. The van der Waals surface area contributed by atoms with Crippen LogP contribution in [0.25, 0.3) is 0 Å². The number of aliphatic hydroxyl groups excluding tert-OH is 1. The van der Waals surface area contributed by atoms with Gasteiger partial charge < -0.3 is 89.4 Å². The third kappa shape index (κ3) is 30.0. The maximum Gasteiger partial charge on any atom is 0.329 e. The molecular formula is C77H126N14O18. The minimum absolute atomic E-state index is 0.0421. The van der Waals surface area contributed by atoms with Crippen LogP contribution in [0.1, 0.15) is 201 Å². The number of hydrogen-bond donors (Lipinski definition) is 15. The number of nitrogens with one attached hydrogen (secondary N) is 12. The molecule has 32 heteroatoms. The first-order valence-corrected chi connectivity index (χ1v) is 38.5. The molecule has 1 aromatic carbocycles. The number of rotatable bonds is 36. The van der Waals surface area contributed by atoms with E-state index in [2.05, 4.69) is 63.8 Å². The van der Waals surface area contributed by atoms with Gasteiger partial charge in [-0.1, -0.05) is 154 Å². The van der Waals surface area contributed by atoms with Crippen molar-refractivity contribution in [3.63, 3.8) is 0 Å². The third-order valence-corrected chi connectivity index (χ3v) is 19.4. The highest BCUT2D eigenvalue weighted by molar-refractivity contribution is 6.03. The number of amides is 13. The topological polar surface area (TPSA) is 479 Å². The van der Waals surface area contributed by atoms with Gasteiger partial charge in [-0.25, -0.2) is 4.79 Å². The van der Waals surface area contributed by atoms with Crippen LogP contribution in [0.4, 0.5) is 0 Å². The number of carboxylic acids is 1. The molecule has 3 rings (SSSR count). The first-order chi connectivity index (χ1) is 51.1. The predicted octanol–water partition coefficient (Wildman–Crippen LogP) is 1.68. The number of cyclic esters (lactones) is 1. The zero-order valence-corrected chi connectivity index (χ0v) is 67.0. The van der Waals surface area contributed by atoms with Crippen molar-refractivity contribution in [2.45, 2.75) is 286 Å². The van der Waals surface area contributed by atoms with Crippen LogP contribution in [0.5, 0.6) is 0 Å². The van der Waals surface area contributed by atoms with Gasteiger partial charge in [-0.2, -0.15) is 0 Å². The molecule has 32 nitrogen and oxygen atoms in total. The molecule has 0 aliphatic carbocycles. The normalized spacial score (nSPS) is 21.9. The van der Waals surface area contributed by atoms with Crippen LogP contribution in [-0.2, 0) is 83.1 Å². The number of aliphatic carboxylic acids is 1. The lowest BCUT2D eigenvalue weighted by Gasteiger charge is -2.33. The molecule has 0 bridgehead atoms. The number of esters is 1. The van der Waals surface area contributed by atoms with Crippen LogP contribution < -0.4 is 69.5 Å². The lowest BCUT2D eigenvalue weighted by Crippen LogP contribution is -2.64. The molecule has 109 heavy (non-hydrogen) atoms. The number of ether oxygens (including phenoxy) is 1. The Morgan fingerprint density at radius 1 is 0.606 bits per heavy atom. The highest BCUT2D eigenvalue weighted by atomic mass is 16.5. The number of benzene rings is 1. The van der Waals surface area contributed by atoms with Crippen molar-refractivity contribution >= 4 is 88.7 Å². The minimum atomic E-state index is -1.84. The Labute approximate surface area is 641 Å².